The number of methoxy groups -OCH3 is 1. The molecule has 8 nitrogen and oxygen atoms in total. The van der Waals surface area contributed by atoms with Gasteiger partial charge in [-0.1, -0.05) is 0 Å². The van der Waals surface area contributed by atoms with Gasteiger partial charge in [-0.2, -0.15) is 0 Å². The molecule has 0 aliphatic carbocycles. The third-order valence-electron chi connectivity index (χ3n) is 3.74. The average Bonchev–Trinajstić information content (AvgIpc) is 2.60. The molecule has 0 radical (unpaired) electrons. The second-order valence-corrected chi connectivity index (χ2v) is 5.44. The SMILES string of the molecule is COc1ncccc1C(=O)N1CCOC(c2nc(C)cc(=O)[nH]2)C1. The number of nitrogens with one attached hydrogen (secondary N) is 1. The van der Waals surface area contributed by atoms with Crippen LogP contribution in [0.1, 0.15) is 28.0 Å². The number of aryl methyl sites for hydroxylation is 1. The normalized spacial score (nSPS) is 17.6. The van der Waals surface area contributed by atoms with E-state index in [0.717, 1.165) is 0 Å². The molecular formula is C16H18N4O4. The second kappa shape index (κ2) is 6.79. The van der Waals surface area contributed by atoms with Crippen molar-refractivity contribution in [2.75, 3.05) is 26.8 Å². The van der Waals surface area contributed by atoms with Crippen LogP contribution in [0.15, 0.2) is 29.2 Å². The smallest absolute Gasteiger partial charge is 0.259 e. The Hall–Kier alpha value is -2.74. The molecule has 2 aromatic rings. The molecule has 1 N–H and O–H groups in total. The van der Waals surface area contributed by atoms with Gasteiger partial charge in [-0.15, -0.1) is 0 Å². The minimum Gasteiger partial charge on any atom is -0.480 e. The second-order valence-electron chi connectivity index (χ2n) is 5.44. The Morgan fingerprint density at radius 1 is 1.50 bits per heavy atom. The highest BCUT2D eigenvalue weighted by Crippen LogP contribution is 2.22. The Labute approximate surface area is 138 Å². The topological polar surface area (TPSA) is 97.4 Å². The van der Waals surface area contributed by atoms with Crippen molar-refractivity contribution < 1.29 is 14.3 Å². The zero-order valence-electron chi connectivity index (χ0n) is 13.5. The Bertz CT molecular complexity index is 805. The van der Waals surface area contributed by atoms with Crippen molar-refractivity contribution in [1.82, 2.24) is 19.9 Å². The molecule has 3 rings (SSSR count). The summed E-state index contributed by atoms with van der Waals surface area (Å²) >= 11 is 0. The molecule has 24 heavy (non-hydrogen) atoms. The molecule has 8 heteroatoms. The van der Waals surface area contributed by atoms with Crippen LogP contribution in [0.4, 0.5) is 0 Å². The first kappa shape index (κ1) is 16.1. The summed E-state index contributed by atoms with van der Waals surface area (Å²) in [7, 11) is 1.47. The maximum atomic E-state index is 12.7. The van der Waals surface area contributed by atoms with Crippen LogP contribution in [0, 0.1) is 6.92 Å². The van der Waals surface area contributed by atoms with E-state index in [-0.39, 0.29) is 17.3 Å². The van der Waals surface area contributed by atoms with Crippen molar-refractivity contribution in [2.24, 2.45) is 0 Å². The van der Waals surface area contributed by atoms with Crippen molar-refractivity contribution in [3.63, 3.8) is 0 Å². The number of carbonyl (C=O) groups is 1. The monoisotopic (exact) mass is 330 g/mol. The predicted molar refractivity (Wildman–Crippen MR) is 85.0 cm³/mol. The van der Waals surface area contributed by atoms with Crippen LogP contribution in [0.5, 0.6) is 5.88 Å². The van der Waals surface area contributed by atoms with Crippen molar-refractivity contribution in [3.8, 4) is 5.88 Å². The van der Waals surface area contributed by atoms with Crippen LogP contribution >= 0.6 is 0 Å². The third kappa shape index (κ3) is 3.28. The van der Waals surface area contributed by atoms with Crippen LogP contribution in [0.25, 0.3) is 0 Å². The first-order valence-electron chi connectivity index (χ1n) is 7.56. The fraction of sp³-hybridized carbons (Fsp3) is 0.375. The molecule has 3 heterocycles. The summed E-state index contributed by atoms with van der Waals surface area (Å²) in [5, 5.41) is 0. The highest BCUT2D eigenvalue weighted by molar-refractivity contribution is 5.96. The van der Waals surface area contributed by atoms with E-state index in [4.69, 9.17) is 9.47 Å². The van der Waals surface area contributed by atoms with Crippen molar-refractivity contribution in [3.05, 3.63) is 51.8 Å². The number of aromatic amines is 1. The number of hydrogen-bond donors (Lipinski definition) is 1. The van der Waals surface area contributed by atoms with Gasteiger partial charge < -0.3 is 19.4 Å². The number of nitrogens with zero attached hydrogens (tertiary/aromatic N) is 3. The minimum atomic E-state index is -0.474. The number of amides is 1. The highest BCUT2D eigenvalue weighted by atomic mass is 16.5. The summed E-state index contributed by atoms with van der Waals surface area (Å²) < 4.78 is 10.8. The molecule has 1 saturated heterocycles. The molecular weight excluding hydrogens is 312 g/mol. The van der Waals surface area contributed by atoms with Gasteiger partial charge in [0.15, 0.2) is 0 Å². The van der Waals surface area contributed by atoms with E-state index in [1.165, 1.54) is 13.2 Å². The molecule has 1 amide bonds. The van der Waals surface area contributed by atoms with Gasteiger partial charge in [0.05, 0.1) is 20.3 Å². The van der Waals surface area contributed by atoms with Gasteiger partial charge in [-0.3, -0.25) is 9.59 Å². The van der Waals surface area contributed by atoms with E-state index in [0.29, 0.717) is 36.8 Å². The fourth-order valence-corrected chi connectivity index (χ4v) is 2.64. The van der Waals surface area contributed by atoms with Crippen LogP contribution in [-0.2, 0) is 4.74 Å². The van der Waals surface area contributed by atoms with E-state index in [2.05, 4.69) is 15.0 Å². The molecule has 0 aromatic carbocycles. The Morgan fingerprint density at radius 2 is 2.33 bits per heavy atom. The molecule has 1 unspecified atom stereocenters. The van der Waals surface area contributed by atoms with Crippen LogP contribution < -0.4 is 10.3 Å². The first-order chi connectivity index (χ1) is 11.6. The van der Waals surface area contributed by atoms with Crippen LogP contribution in [0.2, 0.25) is 0 Å². The molecule has 0 saturated carbocycles. The summed E-state index contributed by atoms with van der Waals surface area (Å²) in [6, 6.07) is 4.77. The molecule has 1 atom stereocenters. The average molecular weight is 330 g/mol. The Balaban J connectivity index is 1.82. The largest absolute Gasteiger partial charge is 0.480 e. The third-order valence-corrected chi connectivity index (χ3v) is 3.74. The highest BCUT2D eigenvalue weighted by Gasteiger charge is 2.29. The number of rotatable bonds is 3. The summed E-state index contributed by atoms with van der Waals surface area (Å²) in [6.45, 7) is 2.84. The number of hydrogen-bond acceptors (Lipinski definition) is 6. The van der Waals surface area contributed by atoms with E-state index in [1.54, 1.807) is 30.2 Å². The van der Waals surface area contributed by atoms with Crippen LogP contribution in [-0.4, -0.2) is 52.6 Å². The lowest BCUT2D eigenvalue weighted by molar-refractivity contribution is -0.0270. The van der Waals surface area contributed by atoms with Gasteiger partial charge in [0.25, 0.3) is 11.5 Å². The number of aromatic nitrogens is 3. The first-order valence-corrected chi connectivity index (χ1v) is 7.56. The standard InChI is InChI=1S/C16H18N4O4/c1-10-8-13(21)19-14(18-10)12-9-20(6-7-24-12)16(22)11-4-3-5-17-15(11)23-2/h3-5,8,12H,6-7,9H2,1-2H3,(H,18,19,21). The lowest BCUT2D eigenvalue weighted by Crippen LogP contribution is -2.43. The van der Waals surface area contributed by atoms with E-state index >= 15 is 0 Å². The van der Waals surface area contributed by atoms with Crippen LogP contribution in [0.3, 0.4) is 0 Å². The zero-order chi connectivity index (χ0) is 17.1. The number of pyridine rings is 1. The summed E-state index contributed by atoms with van der Waals surface area (Å²) in [4.78, 5) is 37.0. The zero-order valence-corrected chi connectivity index (χ0v) is 13.5. The Morgan fingerprint density at radius 3 is 3.08 bits per heavy atom. The van der Waals surface area contributed by atoms with E-state index < -0.39 is 6.10 Å². The number of carbonyl (C=O) groups excluding carboxylic acids is 1. The van der Waals surface area contributed by atoms with Crippen molar-refractivity contribution in [2.45, 2.75) is 13.0 Å². The molecule has 0 bridgehead atoms. The molecule has 126 valence electrons. The fourth-order valence-electron chi connectivity index (χ4n) is 2.64. The van der Waals surface area contributed by atoms with E-state index in [1.807, 2.05) is 0 Å². The molecule has 0 spiro atoms. The number of H-pyrrole nitrogens is 1. The predicted octanol–water partition coefficient (Wildman–Crippen LogP) is 0.696. The summed E-state index contributed by atoms with van der Waals surface area (Å²) in [5.74, 6) is 0.520. The molecule has 1 fully saturated rings. The van der Waals surface area contributed by atoms with Crippen molar-refractivity contribution in [1.29, 1.82) is 0 Å². The van der Waals surface area contributed by atoms with E-state index in [9.17, 15) is 9.59 Å². The van der Waals surface area contributed by atoms with Gasteiger partial charge in [0.2, 0.25) is 5.88 Å². The Kier molecular flexibility index (Phi) is 4.57. The summed E-state index contributed by atoms with van der Waals surface area (Å²) in [6.07, 6.45) is 1.09. The lowest BCUT2D eigenvalue weighted by atomic mass is 10.2. The maximum absolute atomic E-state index is 12.7. The maximum Gasteiger partial charge on any atom is 0.259 e. The molecule has 2 aromatic heterocycles. The van der Waals surface area contributed by atoms with Gasteiger partial charge in [0, 0.05) is 24.5 Å². The van der Waals surface area contributed by atoms with Crippen molar-refractivity contribution >= 4 is 5.91 Å². The molecule has 1 aliphatic rings. The number of ether oxygens (including phenoxy) is 2. The van der Waals surface area contributed by atoms with Gasteiger partial charge in [-0.25, -0.2) is 9.97 Å². The van der Waals surface area contributed by atoms with Gasteiger partial charge in [-0.05, 0) is 19.1 Å². The van der Waals surface area contributed by atoms with Gasteiger partial charge in [0.1, 0.15) is 17.5 Å². The molecule has 1 aliphatic heterocycles. The number of morpholine rings is 1. The summed E-state index contributed by atoms with van der Waals surface area (Å²) in [5.41, 5.74) is 0.763. The lowest BCUT2D eigenvalue weighted by Gasteiger charge is -2.32. The van der Waals surface area contributed by atoms with Gasteiger partial charge >= 0.3 is 0 Å². The minimum absolute atomic E-state index is 0.191. The quantitative estimate of drug-likeness (QED) is 0.889.